The first-order valence-electron chi connectivity index (χ1n) is 5.49. The molecule has 1 aliphatic heterocycles. The van der Waals surface area contributed by atoms with Crippen molar-refractivity contribution in [1.82, 2.24) is 5.43 Å². The monoisotopic (exact) mass is 215 g/mol. The number of benzene rings is 1. The molecule has 3 N–H and O–H groups in total. The minimum atomic E-state index is -0.364. The molecule has 2 aliphatic rings. The van der Waals surface area contributed by atoms with Crippen molar-refractivity contribution in [1.29, 1.82) is 0 Å². The summed E-state index contributed by atoms with van der Waals surface area (Å²) in [6.45, 7) is 0.937. The van der Waals surface area contributed by atoms with E-state index < -0.39 is 0 Å². The van der Waals surface area contributed by atoms with Gasteiger partial charge in [-0.25, -0.2) is 0 Å². The third kappa shape index (κ3) is 1.30. The molecule has 0 radical (unpaired) electrons. The maximum Gasteiger partial charge on any atom is 0.248 e. The van der Waals surface area contributed by atoms with Crippen LogP contribution in [0.25, 0.3) is 0 Å². The predicted octanol–water partition coefficient (Wildman–Crippen LogP) is 0.655. The van der Waals surface area contributed by atoms with E-state index in [1.165, 1.54) is 11.1 Å². The fourth-order valence-corrected chi connectivity index (χ4v) is 2.48. The summed E-state index contributed by atoms with van der Waals surface area (Å²) in [4.78, 5) is 11.1. The van der Waals surface area contributed by atoms with Crippen LogP contribution < -0.4 is 11.2 Å². The smallest absolute Gasteiger partial charge is 0.248 e. The van der Waals surface area contributed by atoms with Gasteiger partial charge in [-0.05, 0) is 30.5 Å². The highest BCUT2D eigenvalue weighted by molar-refractivity contribution is 6.06. The number of carbonyl (C=O) groups is 1. The van der Waals surface area contributed by atoms with Crippen molar-refractivity contribution in [3.05, 3.63) is 34.9 Å². The van der Waals surface area contributed by atoms with Crippen molar-refractivity contribution in [3.8, 4) is 0 Å². The Morgan fingerprint density at radius 1 is 1.50 bits per heavy atom. The van der Waals surface area contributed by atoms with Crippen LogP contribution in [0.3, 0.4) is 0 Å². The van der Waals surface area contributed by atoms with Crippen LogP contribution in [0.5, 0.6) is 0 Å². The summed E-state index contributed by atoms with van der Waals surface area (Å²) in [5.41, 5.74) is 12.4. The Morgan fingerprint density at radius 2 is 2.38 bits per heavy atom. The van der Waals surface area contributed by atoms with Gasteiger partial charge in [0.1, 0.15) is 0 Å². The molecule has 4 nitrogen and oxygen atoms in total. The van der Waals surface area contributed by atoms with Gasteiger partial charge in [0.15, 0.2) is 0 Å². The molecule has 0 fully saturated rings. The number of aryl methyl sites for hydroxylation is 1. The van der Waals surface area contributed by atoms with Gasteiger partial charge >= 0.3 is 0 Å². The van der Waals surface area contributed by atoms with E-state index >= 15 is 0 Å². The molecule has 0 spiro atoms. The number of nitrogens with zero attached hydrogens (tertiary/aromatic N) is 1. The Hall–Kier alpha value is -1.84. The van der Waals surface area contributed by atoms with Crippen molar-refractivity contribution in [3.63, 3.8) is 0 Å². The molecule has 0 aromatic heterocycles. The SMILES string of the molecule is NC(=O)c1ccc2c(c1)CCC1CNN=C21. The second-order valence-corrected chi connectivity index (χ2v) is 4.33. The Balaban J connectivity index is 2.08. The van der Waals surface area contributed by atoms with E-state index in [2.05, 4.69) is 10.5 Å². The minimum absolute atomic E-state index is 0.364. The van der Waals surface area contributed by atoms with E-state index in [4.69, 9.17) is 5.73 Å². The molecule has 1 aromatic rings. The molecule has 3 rings (SSSR count). The Kier molecular flexibility index (Phi) is 1.96. The lowest BCUT2D eigenvalue weighted by molar-refractivity contribution is 0.1000. The van der Waals surface area contributed by atoms with Gasteiger partial charge < -0.3 is 11.2 Å². The maximum absolute atomic E-state index is 11.1. The van der Waals surface area contributed by atoms with Crippen molar-refractivity contribution in [2.75, 3.05) is 6.54 Å². The van der Waals surface area contributed by atoms with Crippen molar-refractivity contribution >= 4 is 11.6 Å². The minimum Gasteiger partial charge on any atom is -0.366 e. The van der Waals surface area contributed by atoms with E-state index in [1.54, 1.807) is 6.07 Å². The molecule has 1 amide bonds. The molecule has 0 saturated heterocycles. The molecule has 1 unspecified atom stereocenters. The van der Waals surface area contributed by atoms with Crippen LogP contribution >= 0.6 is 0 Å². The van der Waals surface area contributed by atoms with Crippen molar-refractivity contribution in [2.24, 2.45) is 16.8 Å². The van der Waals surface area contributed by atoms with Crippen LogP contribution in [-0.2, 0) is 6.42 Å². The lowest BCUT2D eigenvalue weighted by Crippen LogP contribution is -2.23. The summed E-state index contributed by atoms with van der Waals surface area (Å²) < 4.78 is 0. The first-order chi connectivity index (χ1) is 7.75. The molecule has 1 aromatic carbocycles. The third-order valence-corrected chi connectivity index (χ3v) is 3.35. The van der Waals surface area contributed by atoms with E-state index in [9.17, 15) is 4.79 Å². The van der Waals surface area contributed by atoms with Crippen molar-refractivity contribution in [2.45, 2.75) is 12.8 Å². The topological polar surface area (TPSA) is 67.5 Å². The van der Waals surface area contributed by atoms with E-state index in [1.807, 2.05) is 12.1 Å². The maximum atomic E-state index is 11.1. The lowest BCUT2D eigenvalue weighted by Gasteiger charge is -2.21. The molecule has 16 heavy (non-hydrogen) atoms. The van der Waals surface area contributed by atoms with Gasteiger partial charge in [0.05, 0.1) is 5.71 Å². The second kappa shape index (κ2) is 3.33. The molecule has 1 heterocycles. The van der Waals surface area contributed by atoms with Crippen LogP contribution in [0.15, 0.2) is 23.3 Å². The fraction of sp³-hybridized carbons (Fsp3) is 0.333. The zero-order valence-corrected chi connectivity index (χ0v) is 8.86. The van der Waals surface area contributed by atoms with Crippen molar-refractivity contribution < 1.29 is 4.79 Å². The van der Waals surface area contributed by atoms with Crippen LogP contribution in [0.4, 0.5) is 0 Å². The lowest BCUT2D eigenvalue weighted by atomic mass is 9.82. The summed E-state index contributed by atoms with van der Waals surface area (Å²) in [6.07, 6.45) is 2.10. The number of hydrogen-bond donors (Lipinski definition) is 2. The highest BCUT2D eigenvalue weighted by atomic mass is 16.1. The third-order valence-electron chi connectivity index (χ3n) is 3.35. The van der Waals surface area contributed by atoms with Crippen LogP contribution in [-0.4, -0.2) is 18.2 Å². The summed E-state index contributed by atoms with van der Waals surface area (Å²) >= 11 is 0. The predicted molar refractivity (Wildman–Crippen MR) is 61.3 cm³/mol. The zero-order chi connectivity index (χ0) is 11.1. The average Bonchev–Trinajstić information content (AvgIpc) is 2.76. The number of nitrogens with one attached hydrogen (secondary N) is 1. The molecule has 1 atom stereocenters. The molecule has 82 valence electrons. The van der Waals surface area contributed by atoms with Gasteiger partial charge in [0.2, 0.25) is 5.91 Å². The fourth-order valence-electron chi connectivity index (χ4n) is 2.48. The highest BCUT2D eigenvalue weighted by Crippen LogP contribution is 2.28. The van der Waals surface area contributed by atoms with Gasteiger partial charge in [0.25, 0.3) is 0 Å². The van der Waals surface area contributed by atoms with E-state index in [0.29, 0.717) is 11.5 Å². The number of hydrazone groups is 1. The molecule has 0 bridgehead atoms. The summed E-state index contributed by atoms with van der Waals surface area (Å²) in [6, 6.07) is 5.65. The van der Waals surface area contributed by atoms with Crippen LogP contribution in [0, 0.1) is 5.92 Å². The first kappa shape index (κ1) is 9.39. The quantitative estimate of drug-likeness (QED) is 0.722. The molecule has 4 heteroatoms. The molecular formula is C12H13N3O. The Bertz CT molecular complexity index is 493. The summed E-state index contributed by atoms with van der Waals surface area (Å²) in [7, 11) is 0. The van der Waals surface area contributed by atoms with E-state index in [0.717, 1.165) is 25.1 Å². The number of nitrogens with two attached hydrogens (primary N) is 1. The summed E-state index contributed by atoms with van der Waals surface area (Å²) in [5.74, 6) is 0.170. The summed E-state index contributed by atoms with van der Waals surface area (Å²) in [5, 5.41) is 4.32. The average molecular weight is 215 g/mol. The van der Waals surface area contributed by atoms with Gasteiger partial charge in [-0.2, -0.15) is 5.10 Å². The van der Waals surface area contributed by atoms with Gasteiger partial charge in [-0.3, -0.25) is 4.79 Å². The number of fused-ring (bicyclic) bond motifs is 3. The standard InChI is InChI=1S/C12H13N3O/c13-12(16)8-3-4-10-7(5-8)1-2-9-6-14-15-11(9)10/h3-5,9,14H,1-2,6H2,(H2,13,16). The first-order valence-corrected chi connectivity index (χ1v) is 5.49. The Morgan fingerprint density at radius 3 is 3.19 bits per heavy atom. The molecule has 0 saturated carbocycles. The number of primary amides is 1. The molecular weight excluding hydrogens is 202 g/mol. The van der Waals surface area contributed by atoms with Gasteiger partial charge in [0, 0.05) is 23.6 Å². The largest absolute Gasteiger partial charge is 0.366 e. The zero-order valence-electron chi connectivity index (χ0n) is 8.86. The second-order valence-electron chi connectivity index (χ2n) is 4.33. The highest BCUT2D eigenvalue weighted by Gasteiger charge is 2.28. The Labute approximate surface area is 93.5 Å². The van der Waals surface area contributed by atoms with Crippen LogP contribution in [0.1, 0.15) is 27.9 Å². The number of amides is 1. The van der Waals surface area contributed by atoms with E-state index in [-0.39, 0.29) is 5.91 Å². The molecule has 1 aliphatic carbocycles. The van der Waals surface area contributed by atoms with Crippen LogP contribution in [0.2, 0.25) is 0 Å². The number of hydrogen-bond acceptors (Lipinski definition) is 3. The van der Waals surface area contributed by atoms with Gasteiger partial charge in [-0.1, -0.05) is 6.07 Å². The number of carbonyl (C=O) groups excluding carboxylic acids is 1. The normalized spacial score (nSPS) is 21.8. The number of rotatable bonds is 1. The van der Waals surface area contributed by atoms with Gasteiger partial charge in [-0.15, -0.1) is 0 Å².